The largest absolute Gasteiger partial charge is 0.496 e. The molecule has 2 nitrogen and oxygen atoms in total. The van der Waals surface area contributed by atoms with E-state index < -0.39 is 0 Å². The summed E-state index contributed by atoms with van der Waals surface area (Å²) in [6.45, 7) is 0. The van der Waals surface area contributed by atoms with Gasteiger partial charge in [0.1, 0.15) is 11.6 Å². The summed E-state index contributed by atoms with van der Waals surface area (Å²) in [6, 6.07) is 3.19. The Hall–Kier alpha value is -0.610. The van der Waals surface area contributed by atoms with Gasteiger partial charge in [0.15, 0.2) is 0 Å². The van der Waals surface area contributed by atoms with Crippen LogP contribution >= 0.6 is 15.9 Å². The van der Waals surface area contributed by atoms with E-state index in [2.05, 4.69) is 15.9 Å². The van der Waals surface area contributed by atoms with E-state index >= 15 is 0 Å². The lowest BCUT2D eigenvalue weighted by molar-refractivity contribution is 0.406. The van der Waals surface area contributed by atoms with Crippen molar-refractivity contribution in [1.29, 1.82) is 0 Å². The second-order valence-corrected chi connectivity index (χ2v) is 5.29. The zero-order valence-corrected chi connectivity index (χ0v) is 10.8. The van der Waals surface area contributed by atoms with Crippen LogP contribution in [0.1, 0.15) is 24.8 Å². The molecule has 16 heavy (non-hydrogen) atoms. The topological polar surface area (TPSA) is 35.2 Å². The van der Waals surface area contributed by atoms with Crippen molar-refractivity contribution in [2.45, 2.75) is 31.2 Å². The predicted molar refractivity (Wildman–Crippen MR) is 65.1 cm³/mol. The molecule has 2 N–H and O–H groups in total. The third-order valence-electron chi connectivity index (χ3n) is 3.11. The second kappa shape index (κ2) is 4.34. The van der Waals surface area contributed by atoms with E-state index in [1.807, 2.05) is 0 Å². The molecule has 1 aliphatic carbocycles. The summed E-state index contributed by atoms with van der Waals surface area (Å²) in [6.07, 6.45) is 3.82. The Kier molecular flexibility index (Phi) is 3.22. The van der Waals surface area contributed by atoms with Gasteiger partial charge < -0.3 is 10.5 Å². The van der Waals surface area contributed by atoms with Gasteiger partial charge in [0, 0.05) is 5.54 Å². The molecule has 4 heteroatoms. The van der Waals surface area contributed by atoms with Crippen LogP contribution < -0.4 is 10.5 Å². The van der Waals surface area contributed by atoms with Crippen LogP contribution in [0.3, 0.4) is 0 Å². The van der Waals surface area contributed by atoms with Gasteiger partial charge in [-0.1, -0.05) is 0 Å². The van der Waals surface area contributed by atoms with E-state index in [1.165, 1.54) is 6.07 Å². The molecule has 1 aliphatic rings. The highest BCUT2D eigenvalue weighted by Gasteiger charge is 2.37. The molecule has 1 aromatic rings. The molecular formula is C12H15BrFNO. The Bertz CT molecular complexity index is 404. The van der Waals surface area contributed by atoms with Crippen molar-refractivity contribution in [3.8, 4) is 5.75 Å². The van der Waals surface area contributed by atoms with Crippen LogP contribution in [-0.4, -0.2) is 12.6 Å². The molecule has 0 saturated heterocycles. The minimum absolute atomic E-state index is 0.00540. The van der Waals surface area contributed by atoms with Gasteiger partial charge in [-0.2, -0.15) is 0 Å². The smallest absolute Gasteiger partial charge is 0.137 e. The monoisotopic (exact) mass is 287 g/mol. The molecule has 0 heterocycles. The van der Waals surface area contributed by atoms with Crippen LogP contribution in [0.5, 0.6) is 5.75 Å². The first-order valence-corrected chi connectivity index (χ1v) is 6.14. The van der Waals surface area contributed by atoms with Gasteiger partial charge in [0.25, 0.3) is 0 Å². The Morgan fingerprint density at radius 2 is 2.19 bits per heavy atom. The first-order valence-electron chi connectivity index (χ1n) is 5.35. The number of rotatable bonds is 4. The van der Waals surface area contributed by atoms with E-state index in [4.69, 9.17) is 10.5 Å². The predicted octanol–water partition coefficient (Wildman–Crippen LogP) is 3.02. The molecule has 0 atom stereocenters. The van der Waals surface area contributed by atoms with Crippen molar-refractivity contribution in [2.75, 3.05) is 7.11 Å². The fourth-order valence-electron chi connectivity index (χ4n) is 1.75. The van der Waals surface area contributed by atoms with Crippen LogP contribution in [0.2, 0.25) is 0 Å². The molecule has 0 radical (unpaired) electrons. The van der Waals surface area contributed by atoms with Gasteiger partial charge in [-0.15, -0.1) is 0 Å². The van der Waals surface area contributed by atoms with Gasteiger partial charge in [-0.05, 0) is 59.3 Å². The lowest BCUT2D eigenvalue weighted by atomic mass is 10.0. The molecule has 1 fully saturated rings. The van der Waals surface area contributed by atoms with Gasteiger partial charge in [0.2, 0.25) is 0 Å². The molecule has 0 spiro atoms. The fraction of sp³-hybridized carbons (Fsp3) is 0.500. The maximum Gasteiger partial charge on any atom is 0.137 e. The second-order valence-electron chi connectivity index (χ2n) is 4.44. The normalized spacial score (nSPS) is 17.2. The summed E-state index contributed by atoms with van der Waals surface area (Å²) in [5.41, 5.74) is 6.89. The van der Waals surface area contributed by atoms with Crippen molar-refractivity contribution >= 4 is 15.9 Å². The molecule has 0 bridgehead atoms. The molecule has 0 unspecified atom stereocenters. The number of halogens is 2. The van der Waals surface area contributed by atoms with E-state index in [0.29, 0.717) is 4.47 Å². The summed E-state index contributed by atoms with van der Waals surface area (Å²) >= 11 is 3.14. The van der Waals surface area contributed by atoms with Crippen molar-refractivity contribution in [3.05, 3.63) is 28.0 Å². The molecule has 0 aromatic heterocycles. The summed E-state index contributed by atoms with van der Waals surface area (Å²) < 4.78 is 19.1. The Labute approximate surface area is 103 Å². The number of ether oxygens (including phenoxy) is 1. The Balaban J connectivity index is 2.14. The maximum atomic E-state index is 13.4. The molecule has 1 saturated carbocycles. The number of benzene rings is 1. The minimum atomic E-state index is -0.252. The molecule has 0 amide bonds. The highest BCUT2D eigenvalue weighted by Crippen LogP contribution is 2.38. The average molecular weight is 288 g/mol. The zero-order chi connectivity index (χ0) is 11.8. The lowest BCUT2D eigenvalue weighted by Gasteiger charge is -2.12. The summed E-state index contributed by atoms with van der Waals surface area (Å²) in [5, 5.41) is 0. The summed E-state index contributed by atoms with van der Waals surface area (Å²) in [5.74, 6) is 0.468. The van der Waals surface area contributed by atoms with Crippen LogP contribution in [0, 0.1) is 5.82 Å². The van der Waals surface area contributed by atoms with E-state index in [-0.39, 0.29) is 11.4 Å². The summed E-state index contributed by atoms with van der Waals surface area (Å²) in [7, 11) is 1.60. The van der Waals surface area contributed by atoms with Gasteiger partial charge in [-0.3, -0.25) is 0 Å². The van der Waals surface area contributed by atoms with Gasteiger partial charge in [0.05, 0.1) is 11.6 Å². The van der Waals surface area contributed by atoms with Gasteiger partial charge in [-0.25, -0.2) is 4.39 Å². The number of hydrogen-bond acceptors (Lipinski definition) is 2. The highest BCUT2D eigenvalue weighted by atomic mass is 79.9. The number of methoxy groups -OCH3 is 1. The van der Waals surface area contributed by atoms with Crippen LogP contribution in [0.25, 0.3) is 0 Å². The number of aryl methyl sites for hydroxylation is 1. The standard InChI is InChI=1S/C12H15BrFNO/c1-16-11-7-9(13)10(14)6-8(11)2-3-12(15)4-5-12/h6-7H,2-5,15H2,1H3. The van der Waals surface area contributed by atoms with E-state index in [0.717, 1.165) is 37.0 Å². The highest BCUT2D eigenvalue weighted by molar-refractivity contribution is 9.10. The van der Waals surface area contributed by atoms with Crippen LogP contribution in [0.15, 0.2) is 16.6 Å². The first-order chi connectivity index (χ1) is 7.54. The Morgan fingerprint density at radius 1 is 1.50 bits per heavy atom. The van der Waals surface area contributed by atoms with Crippen molar-refractivity contribution < 1.29 is 9.13 Å². The first kappa shape index (κ1) is 11.9. The fourth-order valence-corrected chi connectivity index (χ4v) is 2.07. The third-order valence-corrected chi connectivity index (χ3v) is 3.72. The van der Waals surface area contributed by atoms with E-state index in [1.54, 1.807) is 13.2 Å². The quantitative estimate of drug-likeness (QED) is 0.924. The molecular weight excluding hydrogens is 273 g/mol. The SMILES string of the molecule is COc1cc(Br)c(F)cc1CCC1(N)CC1. The van der Waals surface area contributed by atoms with Crippen molar-refractivity contribution in [3.63, 3.8) is 0 Å². The number of nitrogens with two attached hydrogens (primary N) is 1. The minimum Gasteiger partial charge on any atom is -0.496 e. The zero-order valence-electron chi connectivity index (χ0n) is 9.22. The van der Waals surface area contributed by atoms with Crippen molar-refractivity contribution in [2.24, 2.45) is 5.73 Å². The molecule has 88 valence electrons. The maximum absolute atomic E-state index is 13.4. The van der Waals surface area contributed by atoms with Gasteiger partial charge >= 0.3 is 0 Å². The molecule has 0 aliphatic heterocycles. The van der Waals surface area contributed by atoms with Crippen LogP contribution in [0.4, 0.5) is 4.39 Å². The molecule has 1 aromatic carbocycles. The molecule has 2 rings (SSSR count). The van der Waals surface area contributed by atoms with Crippen LogP contribution in [-0.2, 0) is 6.42 Å². The third kappa shape index (κ3) is 2.55. The average Bonchev–Trinajstić information content (AvgIpc) is 2.98. The van der Waals surface area contributed by atoms with Crippen molar-refractivity contribution in [1.82, 2.24) is 0 Å². The van der Waals surface area contributed by atoms with E-state index in [9.17, 15) is 4.39 Å². The number of hydrogen-bond donors (Lipinski definition) is 1. The lowest BCUT2D eigenvalue weighted by Crippen LogP contribution is -2.22. The summed E-state index contributed by atoms with van der Waals surface area (Å²) in [4.78, 5) is 0. The Morgan fingerprint density at radius 3 is 2.75 bits per heavy atom.